The van der Waals surface area contributed by atoms with Crippen LogP contribution in [0.1, 0.15) is 91.8 Å². The third-order valence-corrected chi connectivity index (χ3v) is 5.07. The maximum absolute atomic E-state index is 12.1. The summed E-state index contributed by atoms with van der Waals surface area (Å²) in [6.45, 7) is 3.07. The second kappa shape index (κ2) is 11.7. The van der Waals surface area contributed by atoms with Crippen molar-refractivity contribution in [1.82, 2.24) is 0 Å². The molecule has 1 saturated carbocycles. The Morgan fingerprint density at radius 2 is 1.42 bits per heavy atom. The highest BCUT2D eigenvalue weighted by molar-refractivity contribution is 5.93. The maximum atomic E-state index is 12.1. The van der Waals surface area contributed by atoms with E-state index in [0.717, 1.165) is 32.1 Å². The van der Waals surface area contributed by atoms with E-state index < -0.39 is 0 Å². The van der Waals surface area contributed by atoms with Crippen LogP contribution in [-0.2, 0) is 9.47 Å². The monoisotopic (exact) mass is 360 g/mol. The summed E-state index contributed by atoms with van der Waals surface area (Å²) in [6, 6.07) is 6.53. The Balaban J connectivity index is 1.69. The molecule has 1 aromatic carbocycles. The van der Waals surface area contributed by atoms with Gasteiger partial charge in [-0.25, -0.2) is 9.59 Å². The zero-order valence-electron chi connectivity index (χ0n) is 16.0. The van der Waals surface area contributed by atoms with Gasteiger partial charge < -0.3 is 9.47 Å². The lowest BCUT2D eigenvalue weighted by molar-refractivity contribution is 0.0467. The van der Waals surface area contributed by atoms with Crippen molar-refractivity contribution < 1.29 is 19.1 Å². The molecular weight excluding hydrogens is 328 g/mol. The molecule has 0 radical (unpaired) electrons. The number of benzene rings is 1. The first-order chi connectivity index (χ1) is 12.7. The van der Waals surface area contributed by atoms with Gasteiger partial charge in [0.05, 0.1) is 24.3 Å². The molecule has 2 rings (SSSR count). The molecule has 0 bridgehead atoms. The van der Waals surface area contributed by atoms with E-state index in [4.69, 9.17) is 9.47 Å². The third kappa shape index (κ3) is 7.19. The molecule has 0 atom stereocenters. The van der Waals surface area contributed by atoms with Gasteiger partial charge in [-0.05, 0) is 43.0 Å². The quantitative estimate of drug-likeness (QED) is 0.405. The van der Waals surface area contributed by atoms with E-state index in [1.165, 1.54) is 32.1 Å². The standard InChI is InChI=1S/C22H32O4/c1-2-3-4-8-16-25-21(23)19-11-13-20(14-12-19)22(24)26-17-15-18-9-6-5-7-10-18/h11-14,18H,2-10,15-17H2,1H3. The topological polar surface area (TPSA) is 52.6 Å². The lowest BCUT2D eigenvalue weighted by Gasteiger charge is -2.21. The molecule has 1 fully saturated rings. The molecule has 0 amide bonds. The highest BCUT2D eigenvalue weighted by Gasteiger charge is 2.15. The molecule has 4 heteroatoms. The predicted molar refractivity (Wildman–Crippen MR) is 102 cm³/mol. The number of hydrogen-bond acceptors (Lipinski definition) is 4. The molecule has 26 heavy (non-hydrogen) atoms. The van der Waals surface area contributed by atoms with Gasteiger partial charge in [-0.15, -0.1) is 0 Å². The largest absolute Gasteiger partial charge is 0.462 e. The normalized spacial score (nSPS) is 14.8. The van der Waals surface area contributed by atoms with Crippen LogP contribution in [0.15, 0.2) is 24.3 Å². The van der Waals surface area contributed by atoms with Gasteiger partial charge in [0.2, 0.25) is 0 Å². The second-order valence-corrected chi connectivity index (χ2v) is 7.20. The van der Waals surface area contributed by atoms with Crippen LogP contribution in [0.4, 0.5) is 0 Å². The molecule has 1 aliphatic rings. The lowest BCUT2D eigenvalue weighted by atomic mass is 9.87. The van der Waals surface area contributed by atoms with Crippen LogP contribution in [0, 0.1) is 5.92 Å². The number of hydrogen-bond donors (Lipinski definition) is 0. The Morgan fingerprint density at radius 3 is 2.00 bits per heavy atom. The molecule has 1 aliphatic carbocycles. The summed E-state index contributed by atoms with van der Waals surface area (Å²) in [5.74, 6) is 0.0463. The van der Waals surface area contributed by atoms with Gasteiger partial charge in [-0.3, -0.25) is 0 Å². The highest BCUT2D eigenvalue weighted by Crippen LogP contribution is 2.26. The average Bonchev–Trinajstić information content (AvgIpc) is 2.68. The van der Waals surface area contributed by atoms with Crippen molar-refractivity contribution in [2.24, 2.45) is 5.92 Å². The Bertz CT molecular complexity index is 544. The molecule has 0 aliphatic heterocycles. The minimum absolute atomic E-state index is 0.319. The molecule has 0 N–H and O–H groups in total. The van der Waals surface area contributed by atoms with Crippen LogP contribution in [0.3, 0.4) is 0 Å². The van der Waals surface area contributed by atoms with Crippen LogP contribution in [-0.4, -0.2) is 25.2 Å². The first kappa shape index (κ1) is 20.5. The second-order valence-electron chi connectivity index (χ2n) is 7.20. The third-order valence-electron chi connectivity index (χ3n) is 5.07. The number of esters is 2. The van der Waals surface area contributed by atoms with Gasteiger partial charge in [0, 0.05) is 0 Å². The first-order valence-corrected chi connectivity index (χ1v) is 10.1. The van der Waals surface area contributed by atoms with E-state index in [-0.39, 0.29) is 11.9 Å². The van der Waals surface area contributed by atoms with Gasteiger partial charge in [0.15, 0.2) is 0 Å². The van der Waals surface area contributed by atoms with Crippen LogP contribution in [0.2, 0.25) is 0 Å². The van der Waals surface area contributed by atoms with E-state index in [2.05, 4.69) is 6.92 Å². The smallest absolute Gasteiger partial charge is 0.338 e. The minimum Gasteiger partial charge on any atom is -0.462 e. The zero-order chi connectivity index (χ0) is 18.6. The Labute approximate surface area is 157 Å². The number of rotatable bonds is 10. The lowest BCUT2D eigenvalue weighted by Crippen LogP contribution is -2.13. The van der Waals surface area contributed by atoms with Crippen molar-refractivity contribution >= 4 is 11.9 Å². The van der Waals surface area contributed by atoms with Crippen molar-refractivity contribution in [3.05, 3.63) is 35.4 Å². The summed E-state index contributed by atoms with van der Waals surface area (Å²) >= 11 is 0. The van der Waals surface area contributed by atoms with Crippen LogP contribution in [0.25, 0.3) is 0 Å². The van der Waals surface area contributed by atoms with Crippen molar-refractivity contribution in [2.45, 2.75) is 71.1 Å². The number of unbranched alkanes of at least 4 members (excludes halogenated alkanes) is 3. The average molecular weight is 360 g/mol. The van der Waals surface area contributed by atoms with Crippen LogP contribution >= 0.6 is 0 Å². The maximum Gasteiger partial charge on any atom is 0.338 e. The van der Waals surface area contributed by atoms with E-state index in [9.17, 15) is 9.59 Å². The van der Waals surface area contributed by atoms with Gasteiger partial charge in [-0.2, -0.15) is 0 Å². The fourth-order valence-corrected chi connectivity index (χ4v) is 3.40. The van der Waals surface area contributed by atoms with Crippen LogP contribution < -0.4 is 0 Å². The Kier molecular flexibility index (Phi) is 9.22. The van der Waals surface area contributed by atoms with Crippen LogP contribution in [0.5, 0.6) is 0 Å². The first-order valence-electron chi connectivity index (χ1n) is 10.1. The Hall–Kier alpha value is -1.84. The van der Waals surface area contributed by atoms with Gasteiger partial charge >= 0.3 is 11.9 Å². The zero-order valence-corrected chi connectivity index (χ0v) is 16.0. The molecule has 1 aromatic rings. The summed E-state index contributed by atoms with van der Waals surface area (Å²) < 4.78 is 10.6. The summed E-state index contributed by atoms with van der Waals surface area (Å²) in [4.78, 5) is 24.1. The van der Waals surface area contributed by atoms with E-state index in [1.54, 1.807) is 24.3 Å². The van der Waals surface area contributed by atoms with Crippen molar-refractivity contribution in [1.29, 1.82) is 0 Å². The Morgan fingerprint density at radius 1 is 0.846 bits per heavy atom. The molecule has 0 unspecified atom stereocenters. The number of carbonyl (C=O) groups is 2. The fraction of sp³-hybridized carbons (Fsp3) is 0.636. The molecule has 0 spiro atoms. The molecule has 0 saturated heterocycles. The summed E-state index contributed by atoms with van der Waals surface area (Å²) in [7, 11) is 0. The van der Waals surface area contributed by atoms with Gasteiger partial charge in [0.1, 0.15) is 0 Å². The predicted octanol–water partition coefficient (Wildman–Crippen LogP) is 5.55. The highest BCUT2D eigenvalue weighted by atomic mass is 16.5. The van der Waals surface area contributed by atoms with Crippen molar-refractivity contribution in [3.63, 3.8) is 0 Å². The van der Waals surface area contributed by atoms with Gasteiger partial charge in [0.25, 0.3) is 0 Å². The van der Waals surface area contributed by atoms with Gasteiger partial charge in [-0.1, -0.05) is 58.3 Å². The van der Waals surface area contributed by atoms with E-state index in [1.807, 2.05) is 0 Å². The summed E-state index contributed by atoms with van der Waals surface area (Å²) in [6.07, 6.45) is 11.7. The SMILES string of the molecule is CCCCCCOC(=O)c1ccc(C(=O)OCCC2CCCCC2)cc1. The van der Waals surface area contributed by atoms with E-state index >= 15 is 0 Å². The summed E-state index contributed by atoms with van der Waals surface area (Å²) in [5, 5.41) is 0. The fourth-order valence-electron chi connectivity index (χ4n) is 3.40. The van der Waals surface area contributed by atoms with Crippen molar-refractivity contribution in [3.8, 4) is 0 Å². The van der Waals surface area contributed by atoms with Crippen molar-refractivity contribution in [2.75, 3.05) is 13.2 Å². The molecule has 0 aromatic heterocycles. The number of carbonyl (C=O) groups excluding carboxylic acids is 2. The molecule has 144 valence electrons. The minimum atomic E-state index is -0.335. The molecule has 4 nitrogen and oxygen atoms in total. The number of ether oxygens (including phenoxy) is 2. The van der Waals surface area contributed by atoms with E-state index in [0.29, 0.717) is 30.3 Å². The molecular formula is C22H32O4. The molecule has 0 heterocycles. The summed E-state index contributed by atoms with van der Waals surface area (Å²) in [5.41, 5.74) is 0.951.